The van der Waals surface area contributed by atoms with Gasteiger partial charge in [0, 0.05) is 10.2 Å². The minimum absolute atomic E-state index is 0.0806. The van der Waals surface area contributed by atoms with Crippen molar-refractivity contribution in [3.63, 3.8) is 0 Å². The van der Waals surface area contributed by atoms with Gasteiger partial charge in [-0.15, -0.1) is 0 Å². The van der Waals surface area contributed by atoms with Crippen molar-refractivity contribution in [3.8, 4) is 11.5 Å². The second kappa shape index (κ2) is 11.2. The molecule has 7 nitrogen and oxygen atoms in total. The summed E-state index contributed by atoms with van der Waals surface area (Å²) in [5.74, 6) is 0.776. The van der Waals surface area contributed by atoms with Gasteiger partial charge in [-0.05, 0) is 80.1 Å². The van der Waals surface area contributed by atoms with Crippen LogP contribution in [0.2, 0.25) is 0 Å². The average Bonchev–Trinajstić information content (AvgIpc) is 2.80. The Hall–Kier alpha value is -3.04. The molecule has 0 aliphatic heterocycles. The first-order valence-corrected chi connectivity index (χ1v) is 12.6. The van der Waals surface area contributed by atoms with Gasteiger partial charge in [0.25, 0.3) is 15.9 Å². The fourth-order valence-electron chi connectivity index (χ4n) is 2.98. The lowest BCUT2D eigenvalue weighted by atomic mass is 10.1. The van der Waals surface area contributed by atoms with Gasteiger partial charge in [0.15, 0.2) is 6.61 Å². The molecular weight excluding hydrogens is 508 g/mol. The number of nitrogens with one attached hydrogen (secondary N) is 2. The molecule has 0 unspecified atom stereocenters. The maximum Gasteiger partial charge on any atom is 0.261 e. The van der Waals surface area contributed by atoms with Gasteiger partial charge in [0.05, 0.1) is 17.5 Å². The van der Waals surface area contributed by atoms with E-state index in [9.17, 15) is 13.2 Å². The van der Waals surface area contributed by atoms with Crippen LogP contribution in [0.3, 0.4) is 0 Å². The van der Waals surface area contributed by atoms with E-state index in [1.165, 1.54) is 24.3 Å². The van der Waals surface area contributed by atoms with Gasteiger partial charge in [-0.1, -0.05) is 28.1 Å². The van der Waals surface area contributed by atoms with E-state index >= 15 is 0 Å². The predicted octanol–water partition coefficient (Wildman–Crippen LogP) is 4.90. The van der Waals surface area contributed by atoms with E-state index in [-0.39, 0.29) is 23.5 Å². The Morgan fingerprint density at radius 1 is 0.909 bits per heavy atom. The topological polar surface area (TPSA) is 93.7 Å². The summed E-state index contributed by atoms with van der Waals surface area (Å²) in [6.07, 6.45) is 0. The molecule has 2 N–H and O–H groups in total. The van der Waals surface area contributed by atoms with Crippen LogP contribution in [0.15, 0.2) is 82.2 Å². The zero-order valence-electron chi connectivity index (χ0n) is 18.2. The van der Waals surface area contributed by atoms with Gasteiger partial charge in [-0.2, -0.15) is 0 Å². The van der Waals surface area contributed by atoms with Crippen LogP contribution in [-0.2, 0) is 14.8 Å². The molecule has 33 heavy (non-hydrogen) atoms. The third-order valence-electron chi connectivity index (χ3n) is 4.67. The highest BCUT2D eigenvalue weighted by Gasteiger charge is 2.15. The lowest BCUT2D eigenvalue weighted by Crippen LogP contribution is -2.31. The number of anilines is 1. The molecule has 9 heteroatoms. The summed E-state index contributed by atoms with van der Waals surface area (Å²) in [5, 5.41) is 2.87. The summed E-state index contributed by atoms with van der Waals surface area (Å²) in [4.78, 5) is 12.3. The zero-order valence-corrected chi connectivity index (χ0v) is 20.6. The predicted molar refractivity (Wildman–Crippen MR) is 131 cm³/mol. The Morgan fingerprint density at radius 2 is 1.48 bits per heavy atom. The molecular formula is C24H25BrN2O5S. The van der Waals surface area contributed by atoms with Crippen LogP contribution in [-0.4, -0.2) is 27.5 Å². The lowest BCUT2D eigenvalue weighted by Gasteiger charge is -2.15. The number of rotatable bonds is 10. The molecule has 0 saturated heterocycles. The number of amides is 1. The van der Waals surface area contributed by atoms with Crippen molar-refractivity contribution in [2.45, 2.75) is 24.8 Å². The summed E-state index contributed by atoms with van der Waals surface area (Å²) in [5.41, 5.74) is 1.40. The highest BCUT2D eigenvalue weighted by Crippen LogP contribution is 2.22. The number of ether oxygens (including phenoxy) is 2. The van der Waals surface area contributed by atoms with Crippen molar-refractivity contribution < 1.29 is 22.7 Å². The fourth-order valence-corrected chi connectivity index (χ4v) is 4.30. The zero-order chi connectivity index (χ0) is 23.8. The Labute approximate surface area is 202 Å². The van der Waals surface area contributed by atoms with Crippen molar-refractivity contribution in [1.82, 2.24) is 5.32 Å². The molecule has 0 heterocycles. The number of hydrogen-bond acceptors (Lipinski definition) is 5. The summed E-state index contributed by atoms with van der Waals surface area (Å²) in [7, 11) is -3.77. The van der Waals surface area contributed by atoms with E-state index < -0.39 is 10.0 Å². The van der Waals surface area contributed by atoms with Gasteiger partial charge < -0.3 is 14.8 Å². The maximum absolute atomic E-state index is 12.6. The van der Waals surface area contributed by atoms with Gasteiger partial charge in [0.1, 0.15) is 11.5 Å². The first kappa shape index (κ1) is 24.6. The van der Waals surface area contributed by atoms with Crippen LogP contribution in [0.1, 0.15) is 25.5 Å². The van der Waals surface area contributed by atoms with Crippen LogP contribution in [0, 0.1) is 0 Å². The highest BCUT2D eigenvalue weighted by molar-refractivity contribution is 9.10. The molecule has 0 spiro atoms. The summed E-state index contributed by atoms with van der Waals surface area (Å²) >= 11 is 3.38. The molecule has 3 rings (SSSR count). The smallest absolute Gasteiger partial charge is 0.261 e. The molecule has 174 valence electrons. The van der Waals surface area contributed by atoms with E-state index in [4.69, 9.17) is 9.47 Å². The number of carbonyl (C=O) groups excluding carboxylic acids is 1. The minimum atomic E-state index is -3.77. The molecule has 1 amide bonds. The normalized spacial score (nSPS) is 12.0. The number of benzene rings is 3. The van der Waals surface area contributed by atoms with Gasteiger partial charge in [-0.25, -0.2) is 8.42 Å². The van der Waals surface area contributed by atoms with Crippen molar-refractivity contribution in [3.05, 3.63) is 82.8 Å². The third-order valence-corrected chi connectivity index (χ3v) is 6.59. The van der Waals surface area contributed by atoms with Crippen LogP contribution >= 0.6 is 15.9 Å². The van der Waals surface area contributed by atoms with E-state index in [0.717, 1.165) is 10.0 Å². The first-order chi connectivity index (χ1) is 15.8. The summed E-state index contributed by atoms with van der Waals surface area (Å²) < 4.78 is 39.6. The second-order valence-electron chi connectivity index (χ2n) is 7.16. The van der Waals surface area contributed by atoms with Crippen molar-refractivity contribution in [2.24, 2.45) is 0 Å². The molecule has 0 aromatic heterocycles. The van der Waals surface area contributed by atoms with Crippen LogP contribution in [0.4, 0.5) is 5.69 Å². The first-order valence-electron chi connectivity index (χ1n) is 10.3. The van der Waals surface area contributed by atoms with Crippen LogP contribution in [0.25, 0.3) is 0 Å². The third kappa shape index (κ3) is 7.23. The minimum Gasteiger partial charge on any atom is -0.494 e. The van der Waals surface area contributed by atoms with Crippen molar-refractivity contribution in [1.29, 1.82) is 0 Å². The number of carbonyl (C=O) groups is 1. The molecule has 3 aromatic carbocycles. The largest absolute Gasteiger partial charge is 0.494 e. The molecule has 1 atom stereocenters. The van der Waals surface area contributed by atoms with Crippen molar-refractivity contribution in [2.75, 3.05) is 17.9 Å². The van der Waals surface area contributed by atoms with E-state index in [1.807, 2.05) is 38.1 Å². The Kier molecular flexibility index (Phi) is 8.35. The van der Waals surface area contributed by atoms with Gasteiger partial charge in [-0.3, -0.25) is 9.52 Å². The molecule has 0 bridgehead atoms. The van der Waals surface area contributed by atoms with E-state index in [1.54, 1.807) is 24.3 Å². The Balaban J connectivity index is 1.53. The van der Waals surface area contributed by atoms with Crippen molar-refractivity contribution >= 4 is 37.5 Å². The number of sulfonamides is 1. The number of hydrogen-bond donors (Lipinski definition) is 2. The van der Waals surface area contributed by atoms with Crippen LogP contribution < -0.4 is 19.5 Å². The quantitative estimate of drug-likeness (QED) is 0.387. The lowest BCUT2D eigenvalue weighted by molar-refractivity contribution is -0.123. The second-order valence-corrected chi connectivity index (χ2v) is 9.76. The molecule has 0 radical (unpaired) electrons. The standard InChI is InChI=1S/C24H25BrN2O5S/c1-3-31-21-10-8-20(9-11-21)27-33(29,30)23-14-12-22(13-15-23)32-16-24(28)26-17(2)18-4-6-19(25)7-5-18/h4-15,17,27H,3,16H2,1-2H3,(H,26,28)/t17-/m1/s1. The summed E-state index contributed by atoms with van der Waals surface area (Å²) in [6, 6.07) is 20.0. The maximum atomic E-state index is 12.6. The summed E-state index contributed by atoms with van der Waals surface area (Å²) in [6.45, 7) is 4.11. The fraction of sp³-hybridized carbons (Fsp3) is 0.208. The molecule has 0 fully saturated rings. The van der Waals surface area contributed by atoms with E-state index in [0.29, 0.717) is 23.8 Å². The highest BCUT2D eigenvalue weighted by atomic mass is 79.9. The van der Waals surface area contributed by atoms with Crippen LogP contribution in [0.5, 0.6) is 11.5 Å². The Bertz CT molecular complexity index is 1160. The molecule has 0 aliphatic rings. The number of halogens is 1. The SMILES string of the molecule is CCOc1ccc(NS(=O)(=O)c2ccc(OCC(=O)N[C@H](C)c3ccc(Br)cc3)cc2)cc1. The molecule has 3 aromatic rings. The molecule has 0 aliphatic carbocycles. The van der Waals surface area contributed by atoms with Gasteiger partial charge in [0.2, 0.25) is 0 Å². The average molecular weight is 533 g/mol. The van der Waals surface area contributed by atoms with E-state index in [2.05, 4.69) is 26.0 Å². The van der Waals surface area contributed by atoms with Gasteiger partial charge >= 0.3 is 0 Å². The Morgan fingerprint density at radius 3 is 2.09 bits per heavy atom. The molecule has 0 saturated carbocycles. The monoisotopic (exact) mass is 532 g/mol.